The highest BCUT2D eigenvalue weighted by Crippen LogP contribution is 2.22. The first-order chi connectivity index (χ1) is 21.8. The van der Waals surface area contributed by atoms with Gasteiger partial charge >= 0.3 is 5.97 Å². The van der Waals surface area contributed by atoms with Crippen LogP contribution in [0.25, 0.3) is 10.8 Å². The Hall–Kier alpha value is -3.21. The van der Waals surface area contributed by atoms with Crippen molar-refractivity contribution in [2.75, 3.05) is 45.1 Å². The highest BCUT2D eigenvalue weighted by molar-refractivity contribution is 7.99. The maximum atomic E-state index is 13.4. The number of esters is 1. The van der Waals surface area contributed by atoms with Crippen molar-refractivity contribution in [2.45, 2.75) is 51.1 Å². The summed E-state index contributed by atoms with van der Waals surface area (Å²) in [5.41, 5.74) is 2.22. The number of hydrogen-bond donors (Lipinski definition) is 2. The Bertz CT molecular complexity index is 1370. The predicted molar refractivity (Wildman–Crippen MR) is 187 cm³/mol. The number of nitrogens with zero attached hydrogens (tertiary/aromatic N) is 1. The normalized spacial score (nSPS) is 13.2. The molecule has 0 aliphatic carbocycles. The van der Waals surface area contributed by atoms with Crippen LogP contribution in [0.1, 0.15) is 37.8 Å². The molecule has 8 nitrogen and oxygen atoms in total. The zero-order chi connectivity index (χ0) is 32.6. The number of amides is 2. The summed E-state index contributed by atoms with van der Waals surface area (Å²) in [4.78, 5) is 41.0. The van der Waals surface area contributed by atoms with Crippen molar-refractivity contribution in [3.8, 4) is 5.75 Å². The lowest BCUT2D eigenvalue weighted by Crippen LogP contribution is -2.51. The van der Waals surface area contributed by atoms with E-state index in [2.05, 4.69) is 53.6 Å². The molecule has 2 amide bonds. The van der Waals surface area contributed by atoms with Gasteiger partial charge in [-0.25, -0.2) is 4.79 Å². The molecule has 2 N–H and O–H groups in total. The highest BCUT2D eigenvalue weighted by atomic mass is 32.2. The average Bonchev–Trinajstić information content (AvgIpc) is 3.06. The van der Waals surface area contributed by atoms with E-state index in [9.17, 15) is 14.4 Å². The van der Waals surface area contributed by atoms with Crippen molar-refractivity contribution in [3.63, 3.8) is 0 Å². The molecular formula is C35H47N3O5S2. The van der Waals surface area contributed by atoms with E-state index in [1.807, 2.05) is 48.7 Å². The lowest BCUT2D eigenvalue weighted by Gasteiger charge is -2.31. The molecular weight excluding hydrogens is 607 g/mol. The monoisotopic (exact) mass is 653 g/mol. The van der Waals surface area contributed by atoms with Gasteiger partial charge in [0.05, 0.1) is 26.5 Å². The van der Waals surface area contributed by atoms with E-state index < -0.39 is 12.0 Å². The van der Waals surface area contributed by atoms with Crippen LogP contribution in [0, 0.1) is 5.92 Å². The molecule has 0 saturated heterocycles. The van der Waals surface area contributed by atoms with Gasteiger partial charge in [-0.1, -0.05) is 74.9 Å². The molecule has 3 rings (SSSR count). The molecule has 3 unspecified atom stereocenters. The number of benzene rings is 3. The minimum atomic E-state index is -0.706. The first kappa shape index (κ1) is 36.3. The van der Waals surface area contributed by atoms with E-state index in [-0.39, 0.29) is 30.3 Å². The Morgan fingerprint density at radius 1 is 0.933 bits per heavy atom. The molecule has 0 spiro atoms. The SMILES string of the molecule is CCC(C)C(CN(CC(=O)NC(CCSC)C(=O)OC)Cc1cccc2ccccc12)NC(=O)CSCc1ccc(OC)cc1. The molecule has 0 radical (unpaired) electrons. The summed E-state index contributed by atoms with van der Waals surface area (Å²) in [6.07, 6.45) is 3.32. The van der Waals surface area contributed by atoms with Gasteiger partial charge in [0.15, 0.2) is 0 Å². The van der Waals surface area contributed by atoms with E-state index >= 15 is 0 Å². The number of hydrogen-bond acceptors (Lipinski definition) is 8. The Kier molecular flexibility index (Phi) is 15.6. The third-order valence-corrected chi connectivity index (χ3v) is 9.51. The van der Waals surface area contributed by atoms with Crippen LogP contribution in [0.15, 0.2) is 66.7 Å². The van der Waals surface area contributed by atoms with Gasteiger partial charge in [0, 0.05) is 24.9 Å². The van der Waals surface area contributed by atoms with Crippen LogP contribution < -0.4 is 15.4 Å². The van der Waals surface area contributed by atoms with Gasteiger partial charge in [-0.15, -0.1) is 11.8 Å². The molecule has 0 bridgehead atoms. The smallest absolute Gasteiger partial charge is 0.328 e. The minimum Gasteiger partial charge on any atom is -0.497 e. The fraction of sp³-hybridized carbons (Fsp3) is 0.457. The predicted octanol–water partition coefficient (Wildman–Crippen LogP) is 5.53. The molecule has 0 aliphatic heterocycles. The number of thioether (sulfide) groups is 2. The fourth-order valence-corrected chi connectivity index (χ4v) is 6.36. The summed E-state index contributed by atoms with van der Waals surface area (Å²) < 4.78 is 10.2. The zero-order valence-corrected chi connectivity index (χ0v) is 28.7. The molecule has 0 saturated carbocycles. The van der Waals surface area contributed by atoms with Gasteiger partial charge in [0.25, 0.3) is 0 Å². The van der Waals surface area contributed by atoms with E-state index in [1.54, 1.807) is 30.6 Å². The summed E-state index contributed by atoms with van der Waals surface area (Å²) >= 11 is 3.18. The van der Waals surface area contributed by atoms with E-state index in [1.165, 1.54) is 7.11 Å². The summed E-state index contributed by atoms with van der Waals surface area (Å²) in [7, 11) is 2.98. The number of nitrogens with one attached hydrogen (secondary N) is 2. The molecule has 45 heavy (non-hydrogen) atoms. The van der Waals surface area contributed by atoms with Crippen LogP contribution >= 0.6 is 23.5 Å². The molecule has 0 aromatic heterocycles. The third kappa shape index (κ3) is 11.9. The quantitative estimate of drug-likeness (QED) is 0.163. The number of methoxy groups -OCH3 is 2. The number of fused-ring (bicyclic) bond motifs is 1. The standard InChI is InChI=1S/C35H47N3O5S2/c1-6-25(2)32(37-34(40)24-45-23-26-14-16-29(42-3)17-15-26)21-38(20-28-12-9-11-27-10-7-8-13-30(27)28)22-33(39)36-31(18-19-44-5)35(41)43-4/h7-17,25,31-32H,6,18-24H2,1-5H3,(H,36,39)(H,37,40). The molecule has 3 aromatic carbocycles. The van der Waals surface area contributed by atoms with Crippen LogP contribution in [-0.2, 0) is 31.4 Å². The van der Waals surface area contributed by atoms with Crippen molar-refractivity contribution in [1.82, 2.24) is 15.5 Å². The van der Waals surface area contributed by atoms with Gasteiger partial charge in [-0.3, -0.25) is 14.5 Å². The highest BCUT2D eigenvalue weighted by Gasteiger charge is 2.26. The van der Waals surface area contributed by atoms with Crippen molar-refractivity contribution in [3.05, 3.63) is 77.9 Å². The molecule has 3 atom stereocenters. The maximum Gasteiger partial charge on any atom is 0.328 e. The van der Waals surface area contributed by atoms with Gasteiger partial charge in [-0.2, -0.15) is 11.8 Å². The number of carbonyl (C=O) groups excluding carboxylic acids is 3. The Labute approximate surface area is 276 Å². The van der Waals surface area contributed by atoms with Crippen LogP contribution in [0.3, 0.4) is 0 Å². The van der Waals surface area contributed by atoms with E-state index in [0.717, 1.165) is 45.6 Å². The second-order valence-corrected chi connectivity index (χ2v) is 13.1. The topological polar surface area (TPSA) is 97.0 Å². The first-order valence-electron chi connectivity index (χ1n) is 15.3. The lowest BCUT2D eigenvalue weighted by atomic mass is 9.97. The van der Waals surface area contributed by atoms with Crippen molar-refractivity contribution in [2.24, 2.45) is 5.92 Å². The minimum absolute atomic E-state index is 0.0313. The number of ether oxygens (including phenoxy) is 2. The van der Waals surface area contributed by atoms with E-state index in [4.69, 9.17) is 9.47 Å². The zero-order valence-electron chi connectivity index (χ0n) is 27.0. The van der Waals surface area contributed by atoms with Crippen molar-refractivity contribution in [1.29, 1.82) is 0 Å². The van der Waals surface area contributed by atoms with Crippen LogP contribution in [0.2, 0.25) is 0 Å². The lowest BCUT2D eigenvalue weighted by molar-refractivity contribution is -0.145. The second kappa shape index (κ2) is 19.3. The Balaban J connectivity index is 1.75. The second-order valence-electron chi connectivity index (χ2n) is 11.1. The summed E-state index contributed by atoms with van der Waals surface area (Å²) in [5, 5.41) is 8.41. The fourth-order valence-electron chi connectivity index (χ4n) is 5.09. The van der Waals surface area contributed by atoms with Crippen LogP contribution in [0.4, 0.5) is 0 Å². The van der Waals surface area contributed by atoms with Gasteiger partial charge in [0.2, 0.25) is 11.8 Å². The van der Waals surface area contributed by atoms with Crippen LogP contribution in [0.5, 0.6) is 5.75 Å². The molecule has 3 aromatic rings. The van der Waals surface area contributed by atoms with Crippen LogP contribution in [-0.4, -0.2) is 79.8 Å². The molecule has 10 heteroatoms. The van der Waals surface area contributed by atoms with Crippen molar-refractivity contribution >= 4 is 52.1 Å². The number of rotatable bonds is 19. The largest absolute Gasteiger partial charge is 0.497 e. The van der Waals surface area contributed by atoms with Gasteiger partial charge in [0.1, 0.15) is 11.8 Å². The summed E-state index contributed by atoms with van der Waals surface area (Å²) in [6, 6.07) is 21.4. The number of carbonyl (C=O) groups is 3. The molecule has 0 aliphatic rings. The molecule has 244 valence electrons. The van der Waals surface area contributed by atoms with Crippen molar-refractivity contribution < 1.29 is 23.9 Å². The Morgan fingerprint density at radius 3 is 2.36 bits per heavy atom. The molecule has 0 heterocycles. The summed E-state index contributed by atoms with van der Waals surface area (Å²) in [6.45, 7) is 5.30. The summed E-state index contributed by atoms with van der Waals surface area (Å²) in [5.74, 6) is 2.03. The van der Waals surface area contributed by atoms with Gasteiger partial charge < -0.3 is 20.1 Å². The maximum absolute atomic E-state index is 13.4. The average molecular weight is 654 g/mol. The first-order valence-corrected chi connectivity index (χ1v) is 17.9. The van der Waals surface area contributed by atoms with E-state index in [0.29, 0.717) is 25.3 Å². The van der Waals surface area contributed by atoms with Gasteiger partial charge in [-0.05, 0) is 58.4 Å². The molecule has 0 fully saturated rings. The third-order valence-electron chi connectivity index (χ3n) is 7.87. The Morgan fingerprint density at radius 2 is 1.67 bits per heavy atom.